The van der Waals surface area contributed by atoms with Crippen LogP contribution in [0.25, 0.3) is 10.9 Å². The Morgan fingerprint density at radius 1 is 1.19 bits per heavy atom. The normalized spacial score (nSPS) is 10.8. The van der Waals surface area contributed by atoms with Crippen LogP contribution >= 0.6 is 0 Å². The van der Waals surface area contributed by atoms with Gasteiger partial charge in [0.2, 0.25) is 0 Å². The van der Waals surface area contributed by atoms with Crippen LogP contribution in [0.3, 0.4) is 0 Å². The maximum absolute atomic E-state index is 5.23. The Bertz CT molecular complexity index is 777. The van der Waals surface area contributed by atoms with Crippen molar-refractivity contribution in [1.29, 1.82) is 0 Å². The smallest absolute Gasteiger partial charge is 0.119 e. The first-order valence-electron chi connectivity index (χ1n) is 6.98. The highest BCUT2D eigenvalue weighted by Gasteiger charge is 2.08. The van der Waals surface area contributed by atoms with E-state index < -0.39 is 0 Å². The molecule has 0 aliphatic carbocycles. The van der Waals surface area contributed by atoms with E-state index in [0.717, 1.165) is 28.2 Å². The van der Waals surface area contributed by atoms with Crippen molar-refractivity contribution in [3.63, 3.8) is 0 Å². The average Bonchev–Trinajstić information content (AvgIpc) is 2.83. The van der Waals surface area contributed by atoms with Gasteiger partial charge in [0.25, 0.3) is 0 Å². The van der Waals surface area contributed by atoms with E-state index in [-0.39, 0.29) is 0 Å². The minimum atomic E-state index is 0.703. The van der Waals surface area contributed by atoms with E-state index in [0.29, 0.717) is 6.54 Å². The van der Waals surface area contributed by atoms with Gasteiger partial charge < -0.3 is 10.1 Å². The number of anilines is 1. The van der Waals surface area contributed by atoms with Gasteiger partial charge >= 0.3 is 0 Å². The molecule has 108 valence electrons. The van der Waals surface area contributed by atoms with Crippen LogP contribution in [0.2, 0.25) is 0 Å². The molecule has 0 aliphatic rings. The monoisotopic (exact) mass is 281 g/mol. The summed E-state index contributed by atoms with van der Waals surface area (Å²) in [7, 11) is 3.66. The quantitative estimate of drug-likeness (QED) is 0.795. The highest BCUT2D eigenvalue weighted by atomic mass is 16.5. The van der Waals surface area contributed by atoms with Crippen molar-refractivity contribution in [2.45, 2.75) is 13.5 Å². The van der Waals surface area contributed by atoms with Gasteiger partial charge in [0, 0.05) is 18.1 Å². The molecule has 0 aliphatic heterocycles. The van der Waals surface area contributed by atoms with Gasteiger partial charge in [-0.2, -0.15) is 5.10 Å². The highest BCUT2D eigenvalue weighted by Crippen LogP contribution is 2.23. The van der Waals surface area contributed by atoms with Gasteiger partial charge in [0.1, 0.15) is 5.75 Å². The number of ether oxygens (including phenoxy) is 1. The van der Waals surface area contributed by atoms with Gasteiger partial charge in [0.05, 0.1) is 24.9 Å². The zero-order valence-electron chi connectivity index (χ0n) is 12.6. The minimum absolute atomic E-state index is 0.703. The predicted octanol–water partition coefficient (Wildman–Crippen LogP) is 3.50. The van der Waals surface area contributed by atoms with Crippen LogP contribution in [0.1, 0.15) is 11.3 Å². The molecule has 0 unspecified atom stereocenters. The molecule has 3 aromatic rings. The van der Waals surface area contributed by atoms with Crippen LogP contribution in [0.5, 0.6) is 5.75 Å². The van der Waals surface area contributed by atoms with Crippen LogP contribution in [-0.4, -0.2) is 16.9 Å². The molecule has 0 atom stereocenters. The minimum Gasteiger partial charge on any atom is -0.497 e. The van der Waals surface area contributed by atoms with Gasteiger partial charge in [-0.1, -0.05) is 18.2 Å². The van der Waals surface area contributed by atoms with Gasteiger partial charge in [0.15, 0.2) is 0 Å². The van der Waals surface area contributed by atoms with Crippen molar-refractivity contribution in [2.75, 3.05) is 12.4 Å². The summed E-state index contributed by atoms with van der Waals surface area (Å²) in [5, 5.41) is 9.25. The number of benzene rings is 2. The number of para-hydroxylation sites is 1. The molecule has 0 radical (unpaired) electrons. The van der Waals surface area contributed by atoms with Crippen molar-refractivity contribution < 1.29 is 4.74 Å². The molecule has 0 bridgehead atoms. The van der Waals surface area contributed by atoms with Crippen LogP contribution in [0.15, 0.2) is 42.5 Å². The second kappa shape index (κ2) is 5.48. The zero-order chi connectivity index (χ0) is 14.8. The van der Waals surface area contributed by atoms with E-state index in [9.17, 15) is 0 Å². The number of aryl methyl sites for hydroxylation is 2. The molecule has 4 heteroatoms. The number of fused-ring (bicyclic) bond motifs is 1. The molecule has 3 rings (SSSR count). The second-order valence-electron chi connectivity index (χ2n) is 5.12. The molecule has 0 saturated carbocycles. The SMILES string of the molecule is COc1ccc(NCc2nn(C)c3ccccc23)c(C)c1. The van der Waals surface area contributed by atoms with Gasteiger partial charge in [-0.25, -0.2) is 0 Å². The maximum Gasteiger partial charge on any atom is 0.119 e. The second-order valence-corrected chi connectivity index (χ2v) is 5.12. The lowest BCUT2D eigenvalue weighted by atomic mass is 10.1. The lowest BCUT2D eigenvalue weighted by Crippen LogP contribution is -2.03. The molecule has 1 N–H and O–H groups in total. The molecule has 2 aromatic carbocycles. The fraction of sp³-hybridized carbons (Fsp3) is 0.235. The fourth-order valence-corrected chi connectivity index (χ4v) is 2.56. The number of nitrogens with zero attached hydrogens (tertiary/aromatic N) is 2. The van der Waals surface area contributed by atoms with Gasteiger partial charge in [-0.05, 0) is 36.8 Å². The summed E-state index contributed by atoms with van der Waals surface area (Å²) >= 11 is 0. The molecule has 21 heavy (non-hydrogen) atoms. The molecule has 1 heterocycles. The zero-order valence-corrected chi connectivity index (χ0v) is 12.6. The summed E-state index contributed by atoms with van der Waals surface area (Å²) in [5.74, 6) is 0.876. The number of hydrogen-bond donors (Lipinski definition) is 1. The summed E-state index contributed by atoms with van der Waals surface area (Å²) in [6.45, 7) is 2.77. The molecule has 0 fully saturated rings. The third-order valence-corrected chi connectivity index (χ3v) is 3.71. The first kappa shape index (κ1) is 13.5. The topological polar surface area (TPSA) is 39.1 Å². The Balaban J connectivity index is 1.84. The van der Waals surface area contributed by atoms with E-state index in [1.54, 1.807) is 7.11 Å². The number of rotatable bonds is 4. The molecule has 4 nitrogen and oxygen atoms in total. The van der Waals surface area contributed by atoms with E-state index in [4.69, 9.17) is 4.74 Å². The Kier molecular flexibility index (Phi) is 3.52. The lowest BCUT2D eigenvalue weighted by Gasteiger charge is -2.10. The maximum atomic E-state index is 5.23. The highest BCUT2D eigenvalue weighted by molar-refractivity contribution is 5.82. The van der Waals surface area contributed by atoms with Crippen molar-refractivity contribution in [3.05, 3.63) is 53.7 Å². The number of aromatic nitrogens is 2. The van der Waals surface area contributed by atoms with E-state index >= 15 is 0 Å². The number of nitrogens with one attached hydrogen (secondary N) is 1. The van der Waals surface area contributed by atoms with Crippen LogP contribution in [-0.2, 0) is 13.6 Å². The predicted molar refractivity (Wildman–Crippen MR) is 85.8 cm³/mol. The molecule has 1 aromatic heterocycles. The standard InChI is InChI=1S/C17H19N3O/c1-12-10-13(21-3)8-9-15(12)18-11-16-14-6-4-5-7-17(14)20(2)19-16/h4-10,18H,11H2,1-3H3. The van der Waals surface area contributed by atoms with Crippen LogP contribution in [0.4, 0.5) is 5.69 Å². The summed E-state index contributed by atoms with van der Waals surface area (Å²) < 4.78 is 7.15. The number of hydrogen-bond acceptors (Lipinski definition) is 3. The summed E-state index contributed by atoms with van der Waals surface area (Å²) in [4.78, 5) is 0. The van der Waals surface area contributed by atoms with Crippen LogP contribution in [0, 0.1) is 6.92 Å². The van der Waals surface area contributed by atoms with Crippen molar-refractivity contribution in [2.24, 2.45) is 7.05 Å². The van der Waals surface area contributed by atoms with E-state index in [2.05, 4.69) is 29.5 Å². The lowest BCUT2D eigenvalue weighted by molar-refractivity contribution is 0.414. The fourth-order valence-electron chi connectivity index (χ4n) is 2.56. The molecule has 0 spiro atoms. The first-order valence-corrected chi connectivity index (χ1v) is 6.98. The van der Waals surface area contributed by atoms with Crippen LogP contribution < -0.4 is 10.1 Å². The summed E-state index contributed by atoms with van der Waals surface area (Å²) in [6.07, 6.45) is 0. The third-order valence-electron chi connectivity index (χ3n) is 3.71. The summed E-state index contributed by atoms with van der Waals surface area (Å²) in [5.41, 5.74) is 4.48. The number of methoxy groups -OCH3 is 1. The molecular weight excluding hydrogens is 262 g/mol. The molecule has 0 saturated heterocycles. The first-order chi connectivity index (χ1) is 10.2. The molecular formula is C17H19N3O. The van der Waals surface area contributed by atoms with Gasteiger partial charge in [-0.3, -0.25) is 4.68 Å². The Morgan fingerprint density at radius 3 is 2.76 bits per heavy atom. The van der Waals surface area contributed by atoms with Gasteiger partial charge in [-0.15, -0.1) is 0 Å². The van der Waals surface area contributed by atoms with E-state index in [1.807, 2.05) is 42.1 Å². The van der Waals surface area contributed by atoms with E-state index in [1.165, 1.54) is 5.39 Å². The third kappa shape index (κ3) is 2.57. The Morgan fingerprint density at radius 2 is 2.00 bits per heavy atom. The summed E-state index contributed by atoms with van der Waals surface area (Å²) in [6, 6.07) is 14.3. The Labute approximate surface area is 124 Å². The van der Waals surface area contributed by atoms with Crippen molar-refractivity contribution >= 4 is 16.6 Å². The Hall–Kier alpha value is -2.49. The van der Waals surface area contributed by atoms with Crippen molar-refractivity contribution in [1.82, 2.24) is 9.78 Å². The largest absolute Gasteiger partial charge is 0.497 e. The van der Waals surface area contributed by atoms with Crippen molar-refractivity contribution in [3.8, 4) is 5.75 Å². The average molecular weight is 281 g/mol. The molecule has 0 amide bonds.